The Kier molecular flexibility index (Phi) is 14.2. The fraction of sp³-hybridized carbons (Fsp3) is 0. The molecule has 0 aliphatic heterocycles. The molecular weight excluding hydrogens is 659 g/mol. The van der Waals surface area contributed by atoms with E-state index in [1.165, 1.54) is 36.4 Å². The molecule has 0 saturated carbocycles. The van der Waals surface area contributed by atoms with Crippen LogP contribution in [0.3, 0.4) is 0 Å². The third-order valence-electron chi connectivity index (χ3n) is 5.29. The number of hydrogen-bond acceptors (Lipinski definition) is 12. The van der Waals surface area contributed by atoms with E-state index in [9.17, 15) is 49.1 Å². The Bertz CT molecular complexity index is 2060. The number of aliphatic imine (C=N–C) groups is 1. The molecule has 0 unspecified atom stereocenters. The molecule has 20 heteroatoms. The molecule has 0 amide bonds. The minimum Gasteiger partial charge on any atom is -0.870 e. The van der Waals surface area contributed by atoms with Gasteiger partial charge in [-0.25, -0.2) is 8.42 Å². The van der Waals surface area contributed by atoms with E-state index < -0.39 is 84.5 Å². The SMILES string of the molecule is O=S(=O)([O-])c1cc(N=C([O-])c2ccccc2)c2c([O-])c(N=Nc3ccccc3S(=O)(=O)O)c(S(=O)(=O)O)cc2c1.[Na+].[Na+].[Na+]. The van der Waals surface area contributed by atoms with Gasteiger partial charge in [-0.05, 0) is 47.2 Å². The van der Waals surface area contributed by atoms with Crippen LogP contribution in [-0.4, -0.2) is 44.8 Å². The summed E-state index contributed by atoms with van der Waals surface area (Å²) in [5, 5.41) is 32.2. The van der Waals surface area contributed by atoms with Gasteiger partial charge in [0.1, 0.15) is 25.6 Å². The molecule has 43 heavy (non-hydrogen) atoms. The van der Waals surface area contributed by atoms with E-state index in [1.807, 2.05) is 0 Å². The first kappa shape index (κ1) is 39.8. The van der Waals surface area contributed by atoms with Crippen molar-refractivity contribution in [1.82, 2.24) is 0 Å². The van der Waals surface area contributed by atoms with Crippen LogP contribution in [0, 0.1) is 0 Å². The van der Waals surface area contributed by atoms with Gasteiger partial charge in [0.05, 0.1) is 16.3 Å². The summed E-state index contributed by atoms with van der Waals surface area (Å²) < 4.78 is 102. The molecule has 0 aliphatic carbocycles. The van der Waals surface area contributed by atoms with Gasteiger partial charge in [0, 0.05) is 5.39 Å². The molecule has 4 aromatic rings. The van der Waals surface area contributed by atoms with Gasteiger partial charge in [0.15, 0.2) is 0 Å². The van der Waals surface area contributed by atoms with Crippen LogP contribution in [0.25, 0.3) is 10.8 Å². The van der Waals surface area contributed by atoms with Gasteiger partial charge >= 0.3 is 88.7 Å². The van der Waals surface area contributed by atoms with E-state index in [0.717, 1.165) is 12.1 Å². The zero-order valence-corrected chi connectivity index (χ0v) is 31.0. The summed E-state index contributed by atoms with van der Waals surface area (Å²) in [7, 11) is -15.3. The second kappa shape index (κ2) is 15.4. The van der Waals surface area contributed by atoms with Crippen molar-refractivity contribution in [2.75, 3.05) is 0 Å². The Morgan fingerprint density at radius 3 is 1.81 bits per heavy atom. The van der Waals surface area contributed by atoms with Crippen LogP contribution >= 0.6 is 0 Å². The van der Waals surface area contributed by atoms with E-state index in [-0.39, 0.29) is 94.2 Å². The maximum absolute atomic E-state index is 13.5. The summed E-state index contributed by atoms with van der Waals surface area (Å²) in [5.74, 6) is -2.28. The summed E-state index contributed by atoms with van der Waals surface area (Å²) in [6.07, 6.45) is 0. The molecule has 0 aromatic heterocycles. The molecule has 0 heterocycles. The van der Waals surface area contributed by atoms with Crippen molar-refractivity contribution in [2.45, 2.75) is 14.7 Å². The Balaban J connectivity index is 0.00000308. The third kappa shape index (κ3) is 9.38. The van der Waals surface area contributed by atoms with Crippen LogP contribution in [0.1, 0.15) is 5.56 Å². The van der Waals surface area contributed by atoms with Gasteiger partial charge in [-0.2, -0.15) is 16.8 Å². The molecular formula is C23H14N3Na3O11S3. The summed E-state index contributed by atoms with van der Waals surface area (Å²) in [6.45, 7) is 0. The molecule has 0 atom stereocenters. The molecule has 14 nitrogen and oxygen atoms in total. The van der Waals surface area contributed by atoms with Gasteiger partial charge in [0.25, 0.3) is 20.2 Å². The van der Waals surface area contributed by atoms with Crippen LogP contribution in [0.4, 0.5) is 17.1 Å². The van der Waals surface area contributed by atoms with E-state index in [2.05, 4.69) is 15.2 Å². The topological polar surface area (TPSA) is 249 Å². The van der Waals surface area contributed by atoms with Crippen LogP contribution in [0.2, 0.25) is 0 Å². The van der Waals surface area contributed by atoms with Gasteiger partial charge < -0.3 is 14.8 Å². The van der Waals surface area contributed by atoms with Gasteiger partial charge in [-0.3, -0.25) is 14.1 Å². The third-order valence-corrected chi connectivity index (χ3v) is 7.87. The van der Waals surface area contributed by atoms with Crippen molar-refractivity contribution in [3.8, 4) is 5.75 Å². The molecule has 0 radical (unpaired) electrons. The summed E-state index contributed by atoms with van der Waals surface area (Å²) in [4.78, 5) is 0.867. The molecule has 0 spiro atoms. The second-order valence-corrected chi connectivity index (χ2v) is 12.1. The van der Waals surface area contributed by atoms with Crippen LogP contribution < -0.4 is 98.9 Å². The molecule has 0 fully saturated rings. The summed E-state index contributed by atoms with van der Waals surface area (Å²) >= 11 is 0. The molecule has 0 bridgehead atoms. The molecule has 2 N–H and O–H groups in total. The van der Waals surface area contributed by atoms with Crippen molar-refractivity contribution >= 4 is 64.1 Å². The standard InChI is InChI=1S/C23H17N3O11S3.3Na/c27-22-20-14(10-15(38(29,30)31)12-17(20)24-23(28)13-6-2-1-3-7-13)11-19(40(35,36)37)21(22)26-25-16-8-4-5-9-18(16)39(32,33)34;;;/h1-12,27H,(H,24,28)(H,29,30,31)(H,32,33,34)(H,35,36,37);;;/q;3*+1/p-3. The first-order valence-electron chi connectivity index (χ1n) is 10.6. The van der Waals surface area contributed by atoms with Crippen LogP contribution in [0.5, 0.6) is 5.75 Å². The van der Waals surface area contributed by atoms with E-state index >= 15 is 0 Å². The van der Waals surface area contributed by atoms with E-state index in [4.69, 9.17) is 0 Å². The maximum atomic E-state index is 13.5. The number of rotatable bonds is 7. The Hall–Kier alpha value is -1.26. The minimum absolute atomic E-state index is 0. The van der Waals surface area contributed by atoms with E-state index in [0.29, 0.717) is 18.2 Å². The first-order chi connectivity index (χ1) is 18.6. The fourth-order valence-corrected chi connectivity index (χ4v) is 5.37. The van der Waals surface area contributed by atoms with Gasteiger partial charge in [0.2, 0.25) is 0 Å². The Morgan fingerprint density at radius 2 is 1.26 bits per heavy atom. The van der Waals surface area contributed by atoms with Gasteiger partial charge in [-0.15, -0.1) is 10.2 Å². The molecule has 4 aromatic carbocycles. The normalized spacial score (nSPS) is 12.3. The van der Waals surface area contributed by atoms with E-state index in [1.54, 1.807) is 6.07 Å². The van der Waals surface area contributed by atoms with Crippen molar-refractivity contribution < 1.29 is 138 Å². The first-order valence-corrected chi connectivity index (χ1v) is 14.9. The number of nitrogens with zero attached hydrogens (tertiary/aromatic N) is 3. The largest absolute Gasteiger partial charge is 1.00 e. The Morgan fingerprint density at radius 1 is 0.698 bits per heavy atom. The predicted molar refractivity (Wildman–Crippen MR) is 134 cm³/mol. The van der Waals surface area contributed by atoms with Crippen molar-refractivity contribution in [3.63, 3.8) is 0 Å². The number of hydrogen-bond donors (Lipinski definition) is 2. The van der Waals surface area contributed by atoms with Crippen LogP contribution in [0.15, 0.2) is 103 Å². The quantitative estimate of drug-likeness (QED) is 0.0613. The Labute approximate surface area is 312 Å². The average Bonchev–Trinajstić information content (AvgIpc) is 2.86. The fourth-order valence-electron chi connectivity index (χ4n) is 3.56. The van der Waals surface area contributed by atoms with Crippen molar-refractivity contribution in [1.29, 1.82) is 0 Å². The van der Waals surface area contributed by atoms with Gasteiger partial charge in [-0.1, -0.05) is 48.2 Å². The number of azo groups is 1. The number of benzene rings is 4. The molecule has 0 saturated heterocycles. The van der Waals surface area contributed by atoms with Crippen molar-refractivity contribution in [3.05, 3.63) is 78.4 Å². The average molecular weight is 674 g/mol. The summed E-state index contributed by atoms with van der Waals surface area (Å²) in [6, 6.07) is 13.8. The number of fused-ring (bicyclic) bond motifs is 1. The molecule has 4 rings (SSSR count). The van der Waals surface area contributed by atoms with Crippen molar-refractivity contribution in [2.24, 2.45) is 15.2 Å². The monoisotopic (exact) mass is 673 g/mol. The van der Waals surface area contributed by atoms with Crippen LogP contribution in [-0.2, 0) is 30.4 Å². The zero-order chi connectivity index (χ0) is 29.5. The maximum Gasteiger partial charge on any atom is 1.00 e. The zero-order valence-electron chi connectivity index (χ0n) is 22.6. The molecule has 0 aliphatic rings. The molecule has 208 valence electrons. The minimum atomic E-state index is -5.26. The smallest absolute Gasteiger partial charge is 0.870 e. The summed E-state index contributed by atoms with van der Waals surface area (Å²) in [5.41, 5.74) is -2.19. The second-order valence-electron chi connectivity index (χ2n) is 7.95. The predicted octanol–water partition coefficient (Wildman–Crippen LogP) is -6.82.